The number of hydrogen-bond acceptors (Lipinski definition) is 3. The Bertz CT molecular complexity index is 502. The number of carbonyl (C=O) groups is 1. The van der Waals surface area contributed by atoms with Crippen LogP contribution in [-0.4, -0.2) is 24.6 Å². The molecule has 4 nitrogen and oxygen atoms in total. The van der Waals surface area contributed by atoms with Crippen molar-refractivity contribution in [3.63, 3.8) is 0 Å². The number of aliphatic hydroxyl groups excluding tert-OH is 1. The Morgan fingerprint density at radius 1 is 1.47 bits per heavy atom. The summed E-state index contributed by atoms with van der Waals surface area (Å²) < 4.78 is 0.896. The normalized spacial score (nSPS) is 17.6. The molecule has 19 heavy (non-hydrogen) atoms. The van der Waals surface area contributed by atoms with Crippen LogP contribution in [0.4, 0.5) is 11.4 Å². The summed E-state index contributed by atoms with van der Waals surface area (Å²) in [5.41, 5.74) is 2.36. The molecule has 1 unspecified atom stereocenters. The van der Waals surface area contributed by atoms with Crippen LogP contribution >= 0.6 is 15.9 Å². The molecule has 0 radical (unpaired) electrons. The summed E-state index contributed by atoms with van der Waals surface area (Å²) in [5.74, 6) is 0.293. The van der Waals surface area contributed by atoms with E-state index in [1.54, 1.807) is 0 Å². The van der Waals surface area contributed by atoms with Gasteiger partial charge in [-0.2, -0.15) is 0 Å². The van der Waals surface area contributed by atoms with Gasteiger partial charge < -0.3 is 15.3 Å². The average Bonchev–Trinajstić information content (AvgIpc) is 2.61. The highest BCUT2D eigenvalue weighted by molar-refractivity contribution is 9.10. The van der Waals surface area contributed by atoms with E-state index in [2.05, 4.69) is 40.0 Å². The molecule has 104 valence electrons. The molecule has 0 saturated heterocycles. The summed E-state index contributed by atoms with van der Waals surface area (Å²) in [6.45, 7) is 5.34. The minimum absolute atomic E-state index is 0.358. The number of halogens is 1. The van der Waals surface area contributed by atoms with Crippen molar-refractivity contribution in [3.05, 3.63) is 22.2 Å². The van der Waals surface area contributed by atoms with Crippen molar-refractivity contribution in [1.29, 1.82) is 0 Å². The summed E-state index contributed by atoms with van der Waals surface area (Å²) in [4.78, 5) is 13.6. The number of benzene rings is 1. The molecule has 2 rings (SSSR count). The predicted octanol–water partition coefficient (Wildman–Crippen LogP) is 2.92. The topological polar surface area (TPSA) is 52.6 Å². The molecule has 0 spiro atoms. The molecule has 1 atom stereocenters. The molecule has 5 heteroatoms. The zero-order chi connectivity index (χ0) is 14.2. The number of aliphatic hydroxyl groups is 1. The van der Waals surface area contributed by atoms with E-state index in [-0.39, 0.29) is 5.91 Å². The Labute approximate surface area is 121 Å². The second-order valence-electron chi connectivity index (χ2n) is 5.39. The van der Waals surface area contributed by atoms with Crippen LogP contribution < -0.4 is 10.2 Å². The number of nitrogens with zero attached hydrogens (tertiary/aromatic N) is 1. The summed E-state index contributed by atoms with van der Waals surface area (Å²) >= 11 is 3.51. The van der Waals surface area contributed by atoms with Crippen molar-refractivity contribution in [2.24, 2.45) is 5.92 Å². The van der Waals surface area contributed by atoms with E-state index < -0.39 is 6.10 Å². The largest absolute Gasteiger partial charge is 0.378 e. The fourth-order valence-corrected chi connectivity index (χ4v) is 2.78. The highest BCUT2D eigenvalue weighted by atomic mass is 79.9. The van der Waals surface area contributed by atoms with Crippen molar-refractivity contribution in [2.75, 3.05) is 23.8 Å². The highest BCUT2D eigenvalue weighted by Gasteiger charge is 2.29. The monoisotopic (exact) mass is 326 g/mol. The summed E-state index contributed by atoms with van der Waals surface area (Å²) in [7, 11) is 2.03. The van der Waals surface area contributed by atoms with Gasteiger partial charge in [0.2, 0.25) is 0 Å². The van der Waals surface area contributed by atoms with E-state index in [9.17, 15) is 9.90 Å². The Kier molecular flexibility index (Phi) is 4.16. The second-order valence-corrected chi connectivity index (χ2v) is 6.24. The number of rotatable bonds is 4. The third-order valence-corrected chi connectivity index (χ3v) is 4.01. The standard InChI is InChI=1S/C14H19BrN2O2/c1-8(2)4-5-17(3)12-7-11-9(6-10(12)15)13(18)14(19)16-11/h6-8,13,18H,4-5H2,1-3H3,(H,16,19). The van der Waals surface area contributed by atoms with Crippen LogP contribution in [0.2, 0.25) is 0 Å². The summed E-state index contributed by atoms with van der Waals surface area (Å²) in [6, 6.07) is 3.73. The van der Waals surface area contributed by atoms with Gasteiger partial charge >= 0.3 is 0 Å². The van der Waals surface area contributed by atoms with Crippen LogP contribution in [0.5, 0.6) is 0 Å². The molecular weight excluding hydrogens is 308 g/mol. The zero-order valence-electron chi connectivity index (χ0n) is 11.4. The van der Waals surface area contributed by atoms with Gasteiger partial charge in [0.1, 0.15) is 0 Å². The molecule has 1 aliphatic rings. The summed E-state index contributed by atoms with van der Waals surface area (Å²) in [5, 5.41) is 12.4. The number of nitrogens with one attached hydrogen (secondary N) is 1. The first-order valence-electron chi connectivity index (χ1n) is 6.43. The van der Waals surface area contributed by atoms with Crippen LogP contribution in [0.3, 0.4) is 0 Å². The fourth-order valence-electron chi connectivity index (χ4n) is 2.12. The van der Waals surface area contributed by atoms with Gasteiger partial charge in [-0.25, -0.2) is 0 Å². The first kappa shape index (κ1) is 14.3. The van der Waals surface area contributed by atoms with Gasteiger partial charge in [-0.15, -0.1) is 0 Å². The van der Waals surface area contributed by atoms with Crippen molar-refractivity contribution in [1.82, 2.24) is 0 Å². The van der Waals surface area contributed by atoms with E-state index in [1.807, 2.05) is 19.2 Å². The maximum Gasteiger partial charge on any atom is 0.257 e. The Balaban J connectivity index is 2.24. The SMILES string of the molecule is CC(C)CCN(C)c1cc2c(cc1Br)C(O)C(=O)N2. The lowest BCUT2D eigenvalue weighted by Gasteiger charge is -2.22. The van der Waals surface area contributed by atoms with Crippen molar-refractivity contribution in [2.45, 2.75) is 26.4 Å². The van der Waals surface area contributed by atoms with Crippen molar-refractivity contribution in [3.8, 4) is 0 Å². The molecule has 1 aromatic rings. The molecular formula is C14H19BrN2O2. The van der Waals surface area contributed by atoms with Crippen LogP contribution in [0, 0.1) is 5.92 Å². The highest BCUT2D eigenvalue weighted by Crippen LogP contribution is 2.38. The predicted molar refractivity (Wildman–Crippen MR) is 80.5 cm³/mol. The third kappa shape index (κ3) is 2.92. The van der Waals surface area contributed by atoms with Gasteiger partial charge in [-0.1, -0.05) is 13.8 Å². The smallest absolute Gasteiger partial charge is 0.257 e. The molecule has 2 N–H and O–H groups in total. The van der Waals surface area contributed by atoms with Gasteiger partial charge in [0.25, 0.3) is 5.91 Å². The number of anilines is 2. The van der Waals surface area contributed by atoms with E-state index in [0.29, 0.717) is 17.2 Å². The van der Waals surface area contributed by atoms with Gasteiger partial charge in [-0.3, -0.25) is 4.79 Å². The van der Waals surface area contributed by atoms with E-state index in [0.717, 1.165) is 23.1 Å². The lowest BCUT2D eigenvalue weighted by Crippen LogP contribution is -2.20. The number of hydrogen-bond donors (Lipinski definition) is 2. The third-order valence-electron chi connectivity index (χ3n) is 3.37. The number of carbonyl (C=O) groups excluding carboxylic acids is 1. The molecule has 0 fully saturated rings. The quantitative estimate of drug-likeness (QED) is 0.894. The van der Waals surface area contributed by atoms with E-state index in [4.69, 9.17) is 0 Å². The molecule has 1 heterocycles. The number of amides is 1. The molecule has 0 bridgehead atoms. The molecule has 1 aliphatic heterocycles. The molecule has 0 saturated carbocycles. The maximum atomic E-state index is 11.4. The van der Waals surface area contributed by atoms with Crippen molar-refractivity contribution < 1.29 is 9.90 Å². The molecule has 1 aromatic carbocycles. The van der Waals surface area contributed by atoms with E-state index >= 15 is 0 Å². The van der Waals surface area contributed by atoms with Crippen molar-refractivity contribution >= 4 is 33.2 Å². The number of fused-ring (bicyclic) bond motifs is 1. The molecule has 0 aromatic heterocycles. The van der Waals surface area contributed by atoms with Gasteiger partial charge in [0.15, 0.2) is 6.10 Å². The Morgan fingerprint density at radius 3 is 2.79 bits per heavy atom. The lowest BCUT2D eigenvalue weighted by atomic mass is 10.1. The Morgan fingerprint density at radius 2 is 2.16 bits per heavy atom. The van der Waals surface area contributed by atoms with E-state index in [1.165, 1.54) is 0 Å². The van der Waals surface area contributed by atoms with Gasteiger partial charge in [-0.05, 0) is 40.4 Å². The Hall–Kier alpha value is -1.07. The first-order chi connectivity index (χ1) is 8.90. The van der Waals surface area contributed by atoms with Crippen LogP contribution in [0.25, 0.3) is 0 Å². The van der Waals surface area contributed by atoms with Crippen LogP contribution in [0.15, 0.2) is 16.6 Å². The lowest BCUT2D eigenvalue weighted by molar-refractivity contribution is -0.123. The van der Waals surface area contributed by atoms with Gasteiger partial charge in [0.05, 0.1) is 5.69 Å². The van der Waals surface area contributed by atoms with Crippen LogP contribution in [-0.2, 0) is 4.79 Å². The maximum absolute atomic E-state index is 11.4. The molecule has 0 aliphatic carbocycles. The fraction of sp³-hybridized carbons (Fsp3) is 0.500. The van der Waals surface area contributed by atoms with Gasteiger partial charge in [0, 0.05) is 29.3 Å². The average molecular weight is 327 g/mol. The minimum Gasteiger partial charge on any atom is -0.378 e. The summed E-state index contributed by atoms with van der Waals surface area (Å²) in [6.07, 6.45) is 0.0518. The minimum atomic E-state index is -1.05. The first-order valence-corrected chi connectivity index (χ1v) is 7.23. The van der Waals surface area contributed by atoms with Crippen LogP contribution in [0.1, 0.15) is 31.9 Å². The second kappa shape index (κ2) is 5.51. The zero-order valence-corrected chi connectivity index (χ0v) is 13.0. The molecule has 1 amide bonds.